The first-order chi connectivity index (χ1) is 9.45. The smallest absolute Gasteiger partial charge is 0.267 e. The zero-order valence-electron chi connectivity index (χ0n) is 12.4. The maximum Gasteiger partial charge on any atom is 0.271 e. The average molecular weight is 270 g/mol. The van der Waals surface area contributed by atoms with Crippen LogP contribution in [0.1, 0.15) is 50.4 Å². The number of hydrogen-bond donors (Lipinski definition) is 1. The Morgan fingerprint density at radius 1 is 1.25 bits per heavy atom. The van der Waals surface area contributed by atoms with Gasteiger partial charge in [-0.15, -0.1) is 0 Å². The number of carbonyl (C=O) groups excluding carboxylic acids is 1. The van der Waals surface area contributed by atoms with E-state index in [1.165, 1.54) is 18.6 Å². The summed E-state index contributed by atoms with van der Waals surface area (Å²) >= 11 is 0. The normalized spacial score (nSPS) is 32.5. The van der Waals surface area contributed by atoms with Gasteiger partial charge in [0.05, 0.1) is 0 Å². The van der Waals surface area contributed by atoms with Crippen LogP contribution in [0.4, 0.5) is 0 Å². The number of hydrogen-bond acceptors (Lipinski definition) is 2. The predicted molar refractivity (Wildman–Crippen MR) is 80.6 cm³/mol. The van der Waals surface area contributed by atoms with Crippen LogP contribution in [0.5, 0.6) is 0 Å². The van der Waals surface area contributed by atoms with Crippen LogP contribution in [0.25, 0.3) is 0 Å². The molecule has 2 aliphatic carbocycles. The predicted octanol–water partition coefficient (Wildman–Crippen LogP) is 3.62. The van der Waals surface area contributed by atoms with Crippen LogP contribution in [0.2, 0.25) is 0 Å². The average Bonchev–Trinajstić information content (AvgIpc) is 2.78. The zero-order valence-corrected chi connectivity index (χ0v) is 12.4. The van der Waals surface area contributed by atoms with Gasteiger partial charge in [0.1, 0.15) is 0 Å². The minimum Gasteiger partial charge on any atom is -0.267 e. The first-order valence-electron chi connectivity index (χ1n) is 7.37. The summed E-state index contributed by atoms with van der Waals surface area (Å²) in [6, 6.07) is 9.25. The Labute approximate surface area is 120 Å². The van der Waals surface area contributed by atoms with Gasteiger partial charge in [-0.3, -0.25) is 4.79 Å². The first kappa shape index (κ1) is 13.3. The van der Waals surface area contributed by atoms with Gasteiger partial charge in [-0.25, -0.2) is 5.43 Å². The van der Waals surface area contributed by atoms with Gasteiger partial charge in [0.2, 0.25) is 0 Å². The van der Waals surface area contributed by atoms with Crippen LogP contribution in [0, 0.1) is 16.7 Å². The third kappa shape index (κ3) is 1.80. The van der Waals surface area contributed by atoms with Gasteiger partial charge in [0.15, 0.2) is 0 Å². The highest BCUT2D eigenvalue weighted by molar-refractivity contribution is 5.98. The summed E-state index contributed by atoms with van der Waals surface area (Å²) in [6.45, 7) is 6.98. The highest BCUT2D eigenvalue weighted by atomic mass is 16.2. The molecule has 106 valence electrons. The summed E-state index contributed by atoms with van der Waals surface area (Å²) in [5, 5.41) is 4.47. The molecular weight excluding hydrogens is 248 g/mol. The molecule has 0 unspecified atom stereocenters. The SMILES string of the molecule is CC1(C)[C@H]2CC[C@]1(C)/C(=N\NC(=O)c1ccccc1)C2. The lowest BCUT2D eigenvalue weighted by Gasteiger charge is -2.34. The fourth-order valence-electron chi connectivity index (χ4n) is 3.87. The molecule has 3 nitrogen and oxygen atoms in total. The molecule has 0 aromatic heterocycles. The minimum atomic E-state index is -0.123. The molecule has 2 fully saturated rings. The van der Waals surface area contributed by atoms with Crippen molar-refractivity contribution in [1.82, 2.24) is 5.43 Å². The summed E-state index contributed by atoms with van der Waals surface area (Å²) in [5.74, 6) is 0.585. The van der Waals surface area contributed by atoms with Crippen molar-refractivity contribution in [2.24, 2.45) is 21.8 Å². The van der Waals surface area contributed by atoms with Crippen LogP contribution >= 0.6 is 0 Å². The number of hydrazone groups is 1. The third-order valence-corrected chi connectivity index (χ3v) is 5.84. The summed E-state index contributed by atoms with van der Waals surface area (Å²) in [5.41, 5.74) is 5.00. The number of amides is 1. The van der Waals surface area contributed by atoms with Gasteiger partial charge in [-0.2, -0.15) is 5.10 Å². The highest BCUT2D eigenvalue weighted by Crippen LogP contribution is 2.63. The van der Waals surface area contributed by atoms with Crippen LogP contribution in [0.3, 0.4) is 0 Å². The van der Waals surface area contributed by atoms with Crippen LogP contribution in [0.15, 0.2) is 35.4 Å². The fraction of sp³-hybridized carbons (Fsp3) is 0.529. The molecule has 0 aliphatic heterocycles. The number of fused-ring (bicyclic) bond motifs is 2. The zero-order chi connectivity index (χ0) is 14.4. The number of nitrogens with zero attached hydrogens (tertiary/aromatic N) is 1. The van der Waals surface area contributed by atoms with Crippen LogP contribution < -0.4 is 5.43 Å². The largest absolute Gasteiger partial charge is 0.271 e. The van der Waals surface area contributed by atoms with Gasteiger partial charge in [0, 0.05) is 16.7 Å². The Morgan fingerprint density at radius 2 is 1.95 bits per heavy atom. The van der Waals surface area contributed by atoms with Gasteiger partial charge in [0.25, 0.3) is 5.91 Å². The molecule has 2 bridgehead atoms. The molecule has 20 heavy (non-hydrogen) atoms. The number of benzene rings is 1. The Morgan fingerprint density at radius 3 is 2.50 bits per heavy atom. The molecule has 0 spiro atoms. The molecule has 1 N–H and O–H groups in total. The van der Waals surface area contributed by atoms with E-state index in [0.717, 1.165) is 6.42 Å². The first-order valence-corrected chi connectivity index (χ1v) is 7.37. The monoisotopic (exact) mass is 270 g/mol. The number of carbonyl (C=O) groups is 1. The Balaban J connectivity index is 1.77. The lowest BCUT2D eigenvalue weighted by atomic mass is 9.70. The van der Waals surface area contributed by atoms with E-state index in [-0.39, 0.29) is 11.3 Å². The fourth-order valence-corrected chi connectivity index (χ4v) is 3.87. The molecule has 3 rings (SSSR count). The van der Waals surface area contributed by atoms with Gasteiger partial charge < -0.3 is 0 Å². The van der Waals surface area contributed by atoms with E-state index in [0.29, 0.717) is 16.9 Å². The Bertz CT molecular complexity index is 562. The van der Waals surface area contributed by atoms with E-state index in [4.69, 9.17) is 0 Å². The van der Waals surface area contributed by atoms with Gasteiger partial charge in [-0.1, -0.05) is 39.0 Å². The molecule has 1 aromatic rings. The minimum absolute atomic E-state index is 0.123. The molecule has 0 radical (unpaired) electrons. The molecule has 0 saturated heterocycles. The molecule has 2 atom stereocenters. The molecular formula is C17H22N2O. The maximum atomic E-state index is 12.1. The molecule has 2 saturated carbocycles. The van der Waals surface area contributed by atoms with E-state index >= 15 is 0 Å². The van der Waals surface area contributed by atoms with Crippen molar-refractivity contribution in [2.75, 3.05) is 0 Å². The maximum absolute atomic E-state index is 12.1. The van der Waals surface area contributed by atoms with Crippen molar-refractivity contribution in [2.45, 2.75) is 40.0 Å². The summed E-state index contributed by atoms with van der Waals surface area (Å²) in [7, 11) is 0. The van der Waals surface area contributed by atoms with Crippen molar-refractivity contribution < 1.29 is 4.79 Å². The second-order valence-corrected chi connectivity index (χ2v) is 6.86. The van der Waals surface area contributed by atoms with E-state index in [1.807, 2.05) is 30.3 Å². The molecule has 1 aromatic carbocycles. The highest BCUT2D eigenvalue weighted by Gasteiger charge is 2.59. The summed E-state index contributed by atoms with van der Waals surface area (Å²) in [6.07, 6.45) is 3.50. The lowest BCUT2D eigenvalue weighted by Crippen LogP contribution is -2.34. The number of rotatable bonds is 2. The van der Waals surface area contributed by atoms with Gasteiger partial charge in [-0.05, 0) is 42.7 Å². The standard InChI is InChI=1S/C17H22N2O/c1-16(2)13-9-10-17(16,3)14(11-13)18-19-15(20)12-7-5-4-6-8-12/h4-8,13H,9-11H2,1-3H3,(H,19,20)/b18-14-/t13-,17+/m0/s1. The summed E-state index contributed by atoms with van der Waals surface area (Å²) in [4.78, 5) is 12.1. The van der Waals surface area contributed by atoms with Crippen molar-refractivity contribution in [3.8, 4) is 0 Å². The van der Waals surface area contributed by atoms with Crippen LogP contribution in [-0.4, -0.2) is 11.6 Å². The molecule has 2 aliphatic rings. The second-order valence-electron chi connectivity index (χ2n) is 6.86. The quantitative estimate of drug-likeness (QED) is 0.819. The molecule has 3 heteroatoms. The Hall–Kier alpha value is -1.64. The molecule has 1 amide bonds. The van der Waals surface area contributed by atoms with Crippen LogP contribution in [-0.2, 0) is 0 Å². The van der Waals surface area contributed by atoms with Crippen molar-refractivity contribution in [3.05, 3.63) is 35.9 Å². The van der Waals surface area contributed by atoms with Crippen molar-refractivity contribution >= 4 is 11.6 Å². The van der Waals surface area contributed by atoms with E-state index in [2.05, 4.69) is 31.3 Å². The summed E-state index contributed by atoms with van der Waals surface area (Å²) < 4.78 is 0. The van der Waals surface area contributed by atoms with Crippen molar-refractivity contribution in [1.29, 1.82) is 0 Å². The van der Waals surface area contributed by atoms with E-state index in [9.17, 15) is 4.79 Å². The third-order valence-electron chi connectivity index (χ3n) is 5.84. The molecule has 0 heterocycles. The topological polar surface area (TPSA) is 41.5 Å². The number of nitrogens with one attached hydrogen (secondary N) is 1. The van der Waals surface area contributed by atoms with E-state index in [1.54, 1.807) is 0 Å². The lowest BCUT2D eigenvalue weighted by molar-refractivity contribution is 0.0954. The van der Waals surface area contributed by atoms with E-state index < -0.39 is 0 Å². The Kier molecular flexibility index (Phi) is 2.96. The van der Waals surface area contributed by atoms with Crippen molar-refractivity contribution in [3.63, 3.8) is 0 Å². The van der Waals surface area contributed by atoms with Gasteiger partial charge >= 0.3 is 0 Å². The second kappa shape index (κ2) is 4.44.